The first-order valence-electron chi connectivity index (χ1n) is 8.82. The summed E-state index contributed by atoms with van der Waals surface area (Å²) in [6.07, 6.45) is 2.78. The van der Waals surface area contributed by atoms with Gasteiger partial charge in [0.2, 0.25) is 5.75 Å². The molecule has 0 atom stereocenters. The van der Waals surface area contributed by atoms with Gasteiger partial charge in [0.15, 0.2) is 5.75 Å². The molecule has 8 nitrogen and oxygen atoms in total. The summed E-state index contributed by atoms with van der Waals surface area (Å²) in [6.45, 7) is 0. The maximum atomic E-state index is 11.9. The van der Waals surface area contributed by atoms with E-state index < -0.39 is 22.3 Å². The molecule has 1 aliphatic carbocycles. The lowest BCUT2D eigenvalue weighted by Gasteiger charge is -2.09. The van der Waals surface area contributed by atoms with Crippen molar-refractivity contribution < 1.29 is 24.7 Å². The summed E-state index contributed by atoms with van der Waals surface area (Å²) in [5.74, 6) is -1.56. The summed E-state index contributed by atoms with van der Waals surface area (Å²) < 4.78 is 5.04. The van der Waals surface area contributed by atoms with Crippen LogP contribution in [0, 0.1) is 10.1 Å². The SMILES string of the molecule is COc1cc(/C=C2/CCc3c2nc2ccccc2c3C(=O)O)cc([N+](=O)[O-])c1O. The van der Waals surface area contributed by atoms with Crippen LogP contribution in [0.2, 0.25) is 0 Å². The van der Waals surface area contributed by atoms with Gasteiger partial charge >= 0.3 is 11.7 Å². The van der Waals surface area contributed by atoms with Crippen LogP contribution in [0.25, 0.3) is 22.6 Å². The molecule has 0 unspecified atom stereocenters. The van der Waals surface area contributed by atoms with Crippen molar-refractivity contribution in [1.82, 2.24) is 4.98 Å². The minimum Gasteiger partial charge on any atom is -0.500 e. The summed E-state index contributed by atoms with van der Waals surface area (Å²) in [4.78, 5) is 27.1. The number of hydrogen-bond donors (Lipinski definition) is 2. The van der Waals surface area contributed by atoms with E-state index in [1.54, 1.807) is 30.3 Å². The molecule has 4 rings (SSSR count). The number of para-hydroxylation sites is 1. The highest BCUT2D eigenvalue weighted by molar-refractivity contribution is 6.06. The van der Waals surface area contributed by atoms with Crippen LogP contribution in [-0.4, -0.2) is 33.2 Å². The van der Waals surface area contributed by atoms with Gasteiger partial charge in [-0.25, -0.2) is 9.78 Å². The number of carboxylic acids is 1. The van der Waals surface area contributed by atoms with Crippen LogP contribution in [0.4, 0.5) is 5.69 Å². The number of nitrogens with zero attached hydrogens (tertiary/aromatic N) is 2. The van der Waals surface area contributed by atoms with E-state index in [-0.39, 0.29) is 11.3 Å². The van der Waals surface area contributed by atoms with Crippen LogP contribution in [-0.2, 0) is 6.42 Å². The van der Waals surface area contributed by atoms with Gasteiger partial charge in [0, 0.05) is 11.5 Å². The third-order valence-corrected chi connectivity index (χ3v) is 4.99. The smallest absolute Gasteiger partial charge is 0.336 e. The van der Waals surface area contributed by atoms with Crippen molar-refractivity contribution in [3.8, 4) is 11.5 Å². The summed E-state index contributed by atoms with van der Waals surface area (Å²) >= 11 is 0. The monoisotopic (exact) mass is 392 g/mol. The lowest BCUT2D eigenvalue weighted by Crippen LogP contribution is -2.05. The number of methoxy groups -OCH3 is 1. The fourth-order valence-corrected chi connectivity index (χ4v) is 3.72. The van der Waals surface area contributed by atoms with Gasteiger partial charge in [0.05, 0.1) is 28.8 Å². The first kappa shape index (κ1) is 18.4. The minimum absolute atomic E-state index is 0.0121. The van der Waals surface area contributed by atoms with Gasteiger partial charge in [-0.2, -0.15) is 0 Å². The lowest BCUT2D eigenvalue weighted by molar-refractivity contribution is -0.386. The van der Waals surface area contributed by atoms with Crippen molar-refractivity contribution in [3.05, 3.63) is 68.9 Å². The van der Waals surface area contributed by atoms with Gasteiger partial charge in [-0.1, -0.05) is 18.2 Å². The molecule has 0 amide bonds. The lowest BCUT2D eigenvalue weighted by atomic mass is 10.0. The van der Waals surface area contributed by atoms with Crippen LogP contribution in [0.1, 0.15) is 33.6 Å². The van der Waals surface area contributed by atoms with Gasteiger partial charge in [-0.05, 0) is 47.8 Å². The Kier molecular flexibility index (Phi) is 4.38. The van der Waals surface area contributed by atoms with Crippen LogP contribution in [0.3, 0.4) is 0 Å². The molecule has 2 aromatic carbocycles. The number of aromatic hydroxyl groups is 1. The van der Waals surface area contributed by atoms with Crippen LogP contribution in [0.15, 0.2) is 36.4 Å². The van der Waals surface area contributed by atoms with E-state index in [1.807, 2.05) is 0 Å². The molecule has 0 saturated carbocycles. The summed E-state index contributed by atoms with van der Waals surface area (Å²) in [5, 5.41) is 31.5. The molecule has 3 aromatic rings. The second-order valence-electron chi connectivity index (χ2n) is 6.65. The van der Waals surface area contributed by atoms with Crippen molar-refractivity contribution in [2.24, 2.45) is 0 Å². The van der Waals surface area contributed by atoms with Crippen LogP contribution < -0.4 is 4.74 Å². The number of pyridine rings is 1. The number of aromatic carboxylic acids is 1. The summed E-state index contributed by atoms with van der Waals surface area (Å²) in [7, 11) is 1.31. The third kappa shape index (κ3) is 3.04. The molecular formula is C21H16N2O6. The van der Waals surface area contributed by atoms with Gasteiger partial charge in [0.1, 0.15) is 0 Å². The molecule has 29 heavy (non-hydrogen) atoms. The van der Waals surface area contributed by atoms with E-state index in [9.17, 15) is 25.1 Å². The third-order valence-electron chi connectivity index (χ3n) is 4.99. The summed E-state index contributed by atoms with van der Waals surface area (Å²) in [6, 6.07) is 9.80. The van der Waals surface area contributed by atoms with Crippen molar-refractivity contribution in [3.63, 3.8) is 0 Å². The average Bonchev–Trinajstić information content (AvgIpc) is 3.08. The number of fused-ring (bicyclic) bond motifs is 2. The largest absolute Gasteiger partial charge is 0.500 e. The predicted octanol–water partition coefficient (Wildman–Crippen LogP) is 4.04. The zero-order chi connectivity index (χ0) is 20.7. The fraction of sp³-hybridized carbons (Fsp3) is 0.143. The first-order valence-corrected chi connectivity index (χ1v) is 8.82. The Hall–Kier alpha value is -3.94. The molecule has 8 heteroatoms. The number of nitro benzene ring substituents is 1. The molecule has 0 fully saturated rings. The molecule has 146 valence electrons. The highest BCUT2D eigenvalue weighted by atomic mass is 16.6. The van der Waals surface area contributed by atoms with Gasteiger partial charge in [-0.3, -0.25) is 10.1 Å². The number of ether oxygens (including phenoxy) is 1. The van der Waals surface area contributed by atoms with Gasteiger partial charge in [-0.15, -0.1) is 0 Å². The number of carboxylic acid groups (broad SMARTS) is 1. The number of hydrogen-bond acceptors (Lipinski definition) is 6. The standard InChI is InChI=1S/C21H16N2O6/c1-29-17-10-11(9-16(20(17)24)23(27)28)8-12-6-7-14-18(21(25)26)13-4-2-3-5-15(13)22-19(12)14/h2-5,8-10,24H,6-7H2,1H3,(H,25,26)/b12-8-. The Morgan fingerprint density at radius 2 is 2.03 bits per heavy atom. The maximum Gasteiger partial charge on any atom is 0.336 e. The second kappa shape index (κ2) is 6.90. The number of nitro groups is 1. The van der Waals surface area contributed by atoms with Crippen molar-refractivity contribution >= 4 is 34.2 Å². The Morgan fingerprint density at radius 1 is 1.28 bits per heavy atom. The highest BCUT2D eigenvalue weighted by Gasteiger charge is 2.27. The Bertz CT molecular complexity index is 1220. The minimum atomic E-state index is -1.01. The average molecular weight is 392 g/mol. The van der Waals surface area contributed by atoms with E-state index in [1.165, 1.54) is 19.2 Å². The van der Waals surface area contributed by atoms with Gasteiger partial charge < -0.3 is 14.9 Å². The molecule has 2 N–H and O–H groups in total. The molecule has 0 radical (unpaired) electrons. The number of rotatable bonds is 4. The van der Waals surface area contributed by atoms with E-state index in [0.717, 1.165) is 5.57 Å². The molecule has 1 aliphatic rings. The molecule has 0 aliphatic heterocycles. The molecular weight excluding hydrogens is 376 g/mol. The van der Waals surface area contributed by atoms with Crippen molar-refractivity contribution in [1.29, 1.82) is 0 Å². The predicted molar refractivity (Wildman–Crippen MR) is 106 cm³/mol. The summed E-state index contributed by atoms with van der Waals surface area (Å²) in [5.41, 5.74) is 2.82. The van der Waals surface area contributed by atoms with E-state index in [2.05, 4.69) is 4.98 Å². The van der Waals surface area contributed by atoms with Crippen LogP contribution in [0.5, 0.6) is 11.5 Å². The first-order chi connectivity index (χ1) is 13.9. The van der Waals surface area contributed by atoms with E-state index in [0.29, 0.717) is 40.6 Å². The second-order valence-corrected chi connectivity index (χ2v) is 6.65. The highest BCUT2D eigenvalue weighted by Crippen LogP contribution is 2.40. The van der Waals surface area contributed by atoms with Crippen molar-refractivity contribution in [2.75, 3.05) is 7.11 Å². The Morgan fingerprint density at radius 3 is 2.72 bits per heavy atom. The molecule has 0 spiro atoms. The topological polar surface area (TPSA) is 123 Å². The van der Waals surface area contributed by atoms with Crippen LogP contribution >= 0.6 is 0 Å². The van der Waals surface area contributed by atoms with E-state index >= 15 is 0 Å². The number of allylic oxidation sites excluding steroid dienone is 1. The number of carbonyl (C=O) groups is 1. The molecule has 0 saturated heterocycles. The van der Waals surface area contributed by atoms with Crippen molar-refractivity contribution in [2.45, 2.75) is 12.8 Å². The fourth-order valence-electron chi connectivity index (χ4n) is 3.72. The maximum absolute atomic E-state index is 11.9. The number of aromatic nitrogens is 1. The van der Waals surface area contributed by atoms with E-state index in [4.69, 9.17) is 4.74 Å². The zero-order valence-corrected chi connectivity index (χ0v) is 15.4. The normalized spacial score (nSPS) is 14.2. The number of phenols is 1. The Balaban J connectivity index is 1.91. The molecule has 1 heterocycles. The quantitative estimate of drug-likeness (QED) is 0.507. The zero-order valence-electron chi connectivity index (χ0n) is 15.4. The molecule has 0 bridgehead atoms. The Labute approximate surface area is 164 Å². The number of benzene rings is 2. The molecule has 1 aromatic heterocycles. The van der Waals surface area contributed by atoms with Gasteiger partial charge in [0.25, 0.3) is 0 Å². The number of phenolic OH excluding ortho intramolecular Hbond substituents is 1.